The van der Waals surface area contributed by atoms with E-state index in [1.165, 1.54) is 13.2 Å². The van der Waals surface area contributed by atoms with Crippen molar-refractivity contribution in [2.24, 2.45) is 5.92 Å². The smallest absolute Gasteiger partial charge is 0.327 e. The van der Waals surface area contributed by atoms with Gasteiger partial charge in [0.2, 0.25) is 0 Å². The molecule has 8 heteroatoms. The van der Waals surface area contributed by atoms with Gasteiger partial charge >= 0.3 is 5.91 Å². The van der Waals surface area contributed by atoms with Gasteiger partial charge in [-0.15, -0.1) is 0 Å². The monoisotopic (exact) mass is 398 g/mol. The molecule has 0 bridgehead atoms. The van der Waals surface area contributed by atoms with Crippen LogP contribution in [0.2, 0.25) is 0 Å². The number of ether oxygens (including phenoxy) is 2. The van der Waals surface area contributed by atoms with Crippen molar-refractivity contribution in [2.45, 2.75) is 12.3 Å². The molecular formula is C21H24N3O5+. The number of methoxy groups -OCH3 is 1. The zero-order valence-corrected chi connectivity index (χ0v) is 16.7. The van der Waals surface area contributed by atoms with E-state index < -0.39 is 18.2 Å². The van der Waals surface area contributed by atoms with E-state index >= 15 is 0 Å². The van der Waals surface area contributed by atoms with Crippen LogP contribution in [0.1, 0.15) is 23.4 Å². The zero-order chi connectivity index (χ0) is 20.9. The molecule has 2 aromatic carbocycles. The van der Waals surface area contributed by atoms with Gasteiger partial charge in [0.05, 0.1) is 34.3 Å². The van der Waals surface area contributed by atoms with Gasteiger partial charge in [0.25, 0.3) is 5.91 Å². The maximum Gasteiger partial charge on any atom is 0.327 e. The van der Waals surface area contributed by atoms with Crippen molar-refractivity contribution >= 4 is 11.8 Å². The van der Waals surface area contributed by atoms with Crippen LogP contribution in [0.15, 0.2) is 42.5 Å². The molecule has 8 nitrogen and oxygen atoms in total. The highest BCUT2D eigenvalue weighted by atomic mass is 16.5. The molecule has 0 spiro atoms. The van der Waals surface area contributed by atoms with E-state index in [1.807, 2.05) is 24.3 Å². The van der Waals surface area contributed by atoms with Gasteiger partial charge in [0.15, 0.2) is 23.6 Å². The second kappa shape index (κ2) is 6.75. The molecule has 2 N–H and O–H groups in total. The van der Waals surface area contributed by atoms with Gasteiger partial charge in [-0.2, -0.15) is 5.01 Å². The third-order valence-electron chi connectivity index (χ3n) is 5.28. The third kappa shape index (κ3) is 3.10. The predicted molar refractivity (Wildman–Crippen MR) is 104 cm³/mol. The summed E-state index contributed by atoms with van der Waals surface area (Å²) in [6, 6.07) is 11.8. The van der Waals surface area contributed by atoms with Crippen LogP contribution in [0.3, 0.4) is 0 Å². The SMILES string of the molecule is COc1cc(C2Oc3ccccc3C3C(C(=O)[N+](C)(C)C)C(=O)NN23)ccc1O. The molecule has 0 radical (unpaired) electrons. The zero-order valence-electron chi connectivity index (χ0n) is 16.7. The average molecular weight is 398 g/mol. The number of hydrogen-bond acceptors (Lipinski definition) is 6. The highest BCUT2D eigenvalue weighted by Gasteiger charge is 2.56. The number of phenolic OH excluding ortho intramolecular Hbond substituents is 1. The molecule has 4 rings (SSSR count). The Morgan fingerprint density at radius 1 is 1.21 bits per heavy atom. The van der Waals surface area contributed by atoms with Crippen LogP contribution in [0.4, 0.5) is 0 Å². The van der Waals surface area contributed by atoms with E-state index in [9.17, 15) is 14.7 Å². The Labute approximate surface area is 168 Å². The van der Waals surface area contributed by atoms with Crippen LogP contribution in [-0.2, 0) is 9.59 Å². The molecule has 1 saturated heterocycles. The molecule has 3 unspecified atom stereocenters. The van der Waals surface area contributed by atoms with Crippen molar-refractivity contribution in [2.75, 3.05) is 28.3 Å². The van der Waals surface area contributed by atoms with Crippen molar-refractivity contribution in [3.8, 4) is 17.2 Å². The van der Waals surface area contributed by atoms with Gasteiger partial charge in [-0.05, 0) is 24.3 Å². The number of phenols is 1. The van der Waals surface area contributed by atoms with E-state index in [4.69, 9.17) is 9.47 Å². The van der Waals surface area contributed by atoms with Gasteiger partial charge in [-0.1, -0.05) is 18.2 Å². The molecule has 2 heterocycles. The first-order valence-electron chi connectivity index (χ1n) is 9.29. The molecule has 0 aromatic heterocycles. The van der Waals surface area contributed by atoms with E-state index in [2.05, 4.69) is 5.43 Å². The Bertz CT molecular complexity index is 985. The number of benzene rings is 2. The van der Waals surface area contributed by atoms with Gasteiger partial charge in [-0.25, -0.2) is 4.79 Å². The summed E-state index contributed by atoms with van der Waals surface area (Å²) < 4.78 is 11.4. The Kier molecular flexibility index (Phi) is 4.48. The Morgan fingerprint density at radius 3 is 2.62 bits per heavy atom. The number of nitrogens with one attached hydrogen (secondary N) is 1. The summed E-state index contributed by atoms with van der Waals surface area (Å²) in [6.07, 6.45) is -0.682. The van der Waals surface area contributed by atoms with E-state index in [0.29, 0.717) is 17.1 Å². The van der Waals surface area contributed by atoms with E-state index in [0.717, 1.165) is 5.56 Å². The van der Waals surface area contributed by atoms with Crippen LogP contribution in [0.25, 0.3) is 0 Å². The lowest BCUT2D eigenvalue weighted by atomic mass is 9.90. The number of nitrogens with zero attached hydrogens (tertiary/aromatic N) is 2. The second-order valence-electron chi connectivity index (χ2n) is 8.10. The number of hydrogen-bond donors (Lipinski definition) is 2. The van der Waals surface area contributed by atoms with Gasteiger partial charge < -0.3 is 14.6 Å². The van der Waals surface area contributed by atoms with Crippen LogP contribution < -0.4 is 14.9 Å². The summed E-state index contributed by atoms with van der Waals surface area (Å²) in [6.45, 7) is 0. The van der Waals surface area contributed by atoms with Crippen LogP contribution >= 0.6 is 0 Å². The lowest BCUT2D eigenvalue weighted by Crippen LogP contribution is -2.49. The van der Waals surface area contributed by atoms with Crippen molar-refractivity contribution in [3.05, 3.63) is 53.6 Å². The molecule has 152 valence electrons. The largest absolute Gasteiger partial charge is 0.504 e. The average Bonchev–Trinajstić information content (AvgIpc) is 3.03. The van der Waals surface area contributed by atoms with Crippen molar-refractivity contribution in [3.63, 3.8) is 0 Å². The standard InChI is InChI=1S/C21H23N3O5/c1-24(2,3)21(27)17-18-13-7-5-6-8-15(13)29-20(23(18)22-19(17)26)12-9-10-14(25)16(11-12)28-4/h5-11,17-18,20H,1-4H3,(H-,22,25,26)/p+1. The maximum atomic E-state index is 13.1. The second-order valence-corrected chi connectivity index (χ2v) is 8.10. The quantitative estimate of drug-likeness (QED) is 0.605. The van der Waals surface area contributed by atoms with Gasteiger partial charge in [0, 0.05) is 11.1 Å². The number of hydrazine groups is 1. The summed E-state index contributed by atoms with van der Waals surface area (Å²) in [4.78, 5) is 26.0. The number of carbonyl (C=O) groups is 2. The Hall–Kier alpha value is -3.10. The molecule has 29 heavy (non-hydrogen) atoms. The van der Waals surface area contributed by atoms with Crippen molar-refractivity contribution in [1.29, 1.82) is 0 Å². The summed E-state index contributed by atoms with van der Waals surface area (Å²) in [5.74, 6) is -0.500. The number of amides is 2. The molecule has 2 aromatic rings. The van der Waals surface area contributed by atoms with Crippen LogP contribution in [-0.4, -0.2) is 54.7 Å². The Morgan fingerprint density at radius 2 is 1.93 bits per heavy atom. The number of quaternary nitrogens is 1. The van der Waals surface area contributed by atoms with Crippen molar-refractivity contribution < 1.29 is 28.7 Å². The summed E-state index contributed by atoms with van der Waals surface area (Å²) in [7, 11) is 6.73. The Balaban J connectivity index is 1.83. The topological polar surface area (TPSA) is 88.1 Å². The normalized spacial score (nSPS) is 23.6. The fraction of sp³-hybridized carbons (Fsp3) is 0.333. The highest BCUT2D eigenvalue weighted by molar-refractivity contribution is 6.00. The minimum Gasteiger partial charge on any atom is -0.504 e. The number of carbonyl (C=O) groups excluding carboxylic acids is 2. The molecule has 1 fully saturated rings. The third-order valence-corrected chi connectivity index (χ3v) is 5.28. The minimum absolute atomic E-state index is 0.00699. The van der Waals surface area contributed by atoms with Crippen LogP contribution in [0.5, 0.6) is 17.2 Å². The fourth-order valence-electron chi connectivity index (χ4n) is 3.85. The predicted octanol–water partition coefficient (Wildman–Crippen LogP) is 1.73. The molecule has 2 amide bonds. The lowest BCUT2D eigenvalue weighted by Gasteiger charge is -2.39. The first-order valence-corrected chi connectivity index (χ1v) is 9.29. The van der Waals surface area contributed by atoms with E-state index in [-0.39, 0.29) is 22.0 Å². The first kappa shape index (κ1) is 19.2. The fourth-order valence-corrected chi connectivity index (χ4v) is 3.85. The molecule has 0 aliphatic carbocycles. The number of aromatic hydroxyl groups is 1. The first-order chi connectivity index (χ1) is 13.7. The summed E-state index contributed by atoms with van der Waals surface area (Å²) in [5.41, 5.74) is 4.29. The maximum absolute atomic E-state index is 13.1. The number of fused-ring (bicyclic) bond motifs is 3. The van der Waals surface area contributed by atoms with Crippen LogP contribution in [0, 0.1) is 5.92 Å². The van der Waals surface area contributed by atoms with E-state index in [1.54, 1.807) is 38.3 Å². The minimum atomic E-state index is -0.874. The summed E-state index contributed by atoms with van der Waals surface area (Å²) in [5, 5.41) is 11.6. The molecule has 2 aliphatic heterocycles. The molecule has 3 atom stereocenters. The highest BCUT2D eigenvalue weighted by Crippen LogP contribution is 2.48. The van der Waals surface area contributed by atoms with Gasteiger partial charge in [0.1, 0.15) is 5.75 Å². The number of rotatable bonds is 3. The van der Waals surface area contributed by atoms with Crippen molar-refractivity contribution in [1.82, 2.24) is 10.4 Å². The number of para-hydroxylation sites is 1. The lowest BCUT2D eigenvalue weighted by molar-refractivity contribution is -0.793. The molecule has 0 saturated carbocycles. The summed E-state index contributed by atoms with van der Waals surface area (Å²) >= 11 is 0. The van der Waals surface area contributed by atoms with Gasteiger partial charge in [-0.3, -0.25) is 14.7 Å². The molecule has 2 aliphatic rings. The molecular weight excluding hydrogens is 374 g/mol.